The van der Waals surface area contributed by atoms with E-state index in [2.05, 4.69) is 15.5 Å². The Kier molecular flexibility index (Phi) is 5.03. The van der Waals surface area contributed by atoms with E-state index in [0.29, 0.717) is 5.13 Å². The highest BCUT2D eigenvalue weighted by atomic mass is 32.1. The number of alkyl halides is 3. The van der Waals surface area contributed by atoms with Gasteiger partial charge in [-0.1, -0.05) is 42.5 Å². The van der Waals surface area contributed by atoms with Gasteiger partial charge in [-0.2, -0.15) is 18.3 Å². The lowest BCUT2D eigenvalue weighted by Gasteiger charge is -2.12. The Morgan fingerprint density at radius 2 is 1.85 bits per heavy atom. The molecule has 26 heavy (non-hydrogen) atoms. The van der Waals surface area contributed by atoms with Gasteiger partial charge in [0.05, 0.1) is 17.5 Å². The van der Waals surface area contributed by atoms with Crippen molar-refractivity contribution >= 4 is 22.7 Å². The monoisotopic (exact) mass is 379 g/mol. The standard InChI is InChI=1S/C18H13F4N3S/c1-11-7-8-13(16(19)15(11)18(20,21)22)9-23-25-17-24-14(10-26-17)12-5-3-2-4-6-12/h2-10H,1H3,(H,24,25). The van der Waals surface area contributed by atoms with Gasteiger partial charge in [-0.05, 0) is 12.5 Å². The number of nitrogens with zero attached hydrogens (tertiary/aromatic N) is 2. The fourth-order valence-corrected chi connectivity index (χ4v) is 3.03. The molecule has 1 N–H and O–H groups in total. The van der Waals surface area contributed by atoms with Crippen LogP contribution in [0.5, 0.6) is 0 Å². The number of nitrogens with one attached hydrogen (secondary N) is 1. The zero-order chi connectivity index (χ0) is 18.7. The molecule has 3 aromatic rings. The third-order valence-corrected chi connectivity index (χ3v) is 4.35. The summed E-state index contributed by atoms with van der Waals surface area (Å²) in [6.45, 7) is 1.21. The molecule has 3 rings (SSSR count). The zero-order valence-electron chi connectivity index (χ0n) is 13.5. The van der Waals surface area contributed by atoms with E-state index in [1.807, 2.05) is 35.7 Å². The zero-order valence-corrected chi connectivity index (χ0v) is 14.3. The second kappa shape index (κ2) is 7.25. The molecule has 2 aromatic carbocycles. The first-order chi connectivity index (χ1) is 12.4. The van der Waals surface area contributed by atoms with Crippen molar-refractivity contribution in [1.29, 1.82) is 0 Å². The van der Waals surface area contributed by atoms with Gasteiger partial charge in [0, 0.05) is 16.5 Å². The van der Waals surface area contributed by atoms with Crippen LogP contribution in [0.15, 0.2) is 52.9 Å². The third-order valence-electron chi connectivity index (χ3n) is 3.60. The molecule has 134 valence electrons. The van der Waals surface area contributed by atoms with Gasteiger partial charge in [-0.3, -0.25) is 5.43 Å². The molecule has 3 nitrogen and oxygen atoms in total. The molecule has 0 spiro atoms. The van der Waals surface area contributed by atoms with E-state index >= 15 is 0 Å². The largest absolute Gasteiger partial charge is 0.419 e. The second-order valence-corrected chi connectivity index (χ2v) is 6.29. The molecule has 8 heteroatoms. The summed E-state index contributed by atoms with van der Waals surface area (Å²) in [6, 6.07) is 11.9. The van der Waals surface area contributed by atoms with E-state index in [9.17, 15) is 17.6 Å². The molecule has 0 aliphatic carbocycles. The van der Waals surface area contributed by atoms with Crippen molar-refractivity contribution in [2.75, 3.05) is 5.43 Å². The molecule has 0 radical (unpaired) electrons. The van der Waals surface area contributed by atoms with Crippen LogP contribution in [0, 0.1) is 12.7 Å². The predicted molar refractivity (Wildman–Crippen MR) is 94.9 cm³/mol. The minimum absolute atomic E-state index is 0.174. The average molecular weight is 379 g/mol. The molecule has 0 saturated heterocycles. The lowest BCUT2D eigenvalue weighted by atomic mass is 10.0. The fourth-order valence-electron chi connectivity index (χ4n) is 2.36. The summed E-state index contributed by atoms with van der Waals surface area (Å²) in [5, 5.41) is 6.07. The molecule has 0 bridgehead atoms. The van der Waals surface area contributed by atoms with Crippen LogP contribution in [0.1, 0.15) is 16.7 Å². The molecule has 0 aliphatic heterocycles. The first-order valence-corrected chi connectivity index (χ1v) is 8.40. The number of hydrogen-bond acceptors (Lipinski definition) is 4. The fraction of sp³-hybridized carbons (Fsp3) is 0.111. The Morgan fingerprint density at radius 1 is 1.12 bits per heavy atom. The summed E-state index contributed by atoms with van der Waals surface area (Å²) in [7, 11) is 0. The molecule has 0 amide bonds. The van der Waals surface area contributed by atoms with Crippen molar-refractivity contribution in [2.45, 2.75) is 13.1 Å². The second-order valence-electron chi connectivity index (χ2n) is 5.43. The maximum absolute atomic E-state index is 14.1. The van der Waals surface area contributed by atoms with Crippen molar-refractivity contribution < 1.29 is 17.6 Å². The molecule has 0 atom stereocenters. The van der Waals surface area contributed by atoms with E-state index in [0.717, 1.165) is 17.5 Å². The van der Waals surface area contributed by atoms with Gasteiger partial charge >= 0.3 is 6.18 Å². The van der Waals surface area contributed by atoms with Crippen molar-refractivity contribution in [3.8, 4) is 11.3 Å². The number of thiazole rings is 1. The summed E-state index contributed by atoms with van der Waals surface area (Å²) >= 11 is 1.28. The SMILES string of the molecule is Cc1ccc(C=NNc2nc(-c3ccccc3)cs2)c(F)c1C(F)(F)F. The Labute approximate surface area is 151 Å². The van der Waals surface area contributed by atoms with Crippen molar-refractivity contribution in [2.24, 2.45) is 5.10 Å². The van der Waals surface area contributed by atoms with Crippen molar-refractivity contribution in [3.63, 3.8) is 0 Å². The maximum atomic E-state index is 14.1. The maximum Gasteiger partial charge on any atom is 0.419 e. The number of rotatable bonds is 4. The van der Waals surface area contributed by atoms with Gasteiger partial charge in [0.25, 0.3) is 0 Å². The van der Waals surface area contributed by atoms with E-state index < -0.39 is 17.6 Å². The van der Waals surface area contributed by atoms with Crippen LogP contribution >= 0.6 is 11.3 Å². The highest BCUT2D eigenvalue weighted by Crippen LogP contribution is 2.34. The van der Waals surface area contributed by atoms with Crippen molar-refractivity contribution in [1.82, 2.24) is 4.98 Å². The van der Waals surface area contributed by atoms with Gasteiger partial charge in [-0.15, -0.1) is 11.3 Å². The number of hydrazone groups is 1. The quantitative estimate of drug-likeness (QED) is 0.357. The molecular weight excluding hydrogens is 366 g/mol. The first-order valence-electron chi connectivity index (χ1n) is 7.52. The number of aromatic nitrogens is 1. The highest BCUT2D eigenvalue weighted by molar-refractivity contribution is 7.14. The molecule has 1 heterocycles. The molecule has 0 aliphatic rings. The Hall–Kier alpha value is -2.74. The van der Waals surface area contributed by atoms with Gasteiger partial charge in [0.2, 0.25) is 5.13 Å². The Balaban J connectivity index is 1.77. The normalized spacial score (nSPS) is 11.9. The number of aryl methyl sites for hydroxylation is 1. The average Bonchev–Trinajstić information content (AvgIpc) is 3.05. The van der Waals surface area contributed by atoms with Crippen LogP contribution in [0.3, 0.4) is 0 Å². The van der Waals surface area contributed by atoms with Gasteiger partial charge in [0.15, 0.2) is 0 Å². The topological polar surface area (TPSA) is 37.3 Å². The predicted octanol–water partition coefficient (Wildman–Crippen LogP) is 5.72. The number of benzene rings is 2. The van der Waals surface area contributed by atoms with Crippen molar-refractivity contribution in [3.05, 3.63) is 70.4 Å². The van der Waals surface area contributed by atoms with E-state index in [4.69, 9.17) is 0 Å². The van der Waals surface area contributed by atoms with Gasteiger partial charge in [-0.25, -0.2) is 9.37 Å². The molecule has 1 aromatic heterocycles. The lowest BCUT2D eigenvalue weighted by Crippen LogP contribution is -2.12. The Bertz CT molecular complexity index is 933. The summed E-state index contributed by atoms with van der Waals surface area (Å²) in [5.41, 5.74) is 2.58. The molecule has 0 saturated carbocycles. The van der Waals surface area contributed by atoms with Gasteiger partial charge in [0.1, 0.15) is 5.82 Å². The van der Waals surface area contributed by atoms with Crippen LogP contribution in [0.25, 0.3) is 11.3 Å². The van der Waals surface area contributed by atoms with E-state index in [1.54, 1.807) is 0 Å². The molecule has 0 fully saturated rings. The first kappa shape index (κ1) is 18.1. The lowest BCUT2D eigenvalue weighted by molar-refractivity contribution is -0.140. The summed E-state index contributed by atoms with van der Waals surface area (Å²) in [6.07, 6.45) is -3.75. The number of anilines is 1. The van der Waals surface area contributed by atoms with Crippen LogP contribution in [0.2, 0.25) is 0 Å². The van der Waals surface area contributed by atoms with Gasteiger partial charge < -0.3 is 0 Å². The number of halogens is 4. The minimum Gasteiger partial charge on any atom is -0.253 e. The smallest absolute Gasteiger partial charge is 0.253 e. The Morgan fingerprint density at radius 3 is 2.54 bits per heavy atom. The number of hydrogen-bond donors (Lipinski definition) is 1. The minimum atomic E-state index is -4.76. The third kappa shape index (κ3) is 3.91. The van der Waals surface area contributed by atoms with Crippen LogP contribution < -0.4 is 5.43 Å². The molecule has 0 unspecified atom stereocenters. The van der Waals surface area contributed by atoms with Crippen LogP contribution in [-0.4, -0.2) is 11.2 Å². The summed E-state index contributed by atoms with van der Waals surface area (Å²) in [5.74, 6) is -1.34. The van der Waals surface area contributed by atoms with Crippen LogP contribution in [0.4, 0.5) is 22.7 Å². The van der Waals surface area contributed by atoms with E-state index in [1.165, 1.54) is 30.4 Å². The summed E-state index contributed by atoms with van der Waals surface area (Å²) < 4.78 is 52.9. The summed E-state index contributed by atoms with van der Waals surface area (Å²) in [4.78, 5) is 4.32. The molecular formula is C18H13F4N3S. The van der Waals surface area contributed by atoms with Crippen LogP contribution in [-0.2, 0) is 6.18 Å². The van der Waals surface area contributed by atoms with E-state index in [-0.39, 0.29) is 11.1 Å². The highest BCUT2D eigenvalue weighted by Gasteiger charge is 2.36.